The molecule has 1 aliphatic heterocycles. The fourth-order valence-corrected chi connectivity index (χ4v) is 1.95. The molecule has 1 atom stereocenters. The monoisotopic (exact) mass is 253 g/mol. The highest BCUT2D eigenvalue weighted by atomic mass is 16.5. The van der Waals surface area contributed by atoms with Gasteiger partial charge in [-0.2, -0.15) is 9.97 Å². The van der Waals surface area contributed by atoms with Crippen LogP contribution in [0.4, 0.5) is 5.95 Å². The first-order valence-corrected chi connectivity index (χ1v) is 6.10. The summed E-state index contributed by atoms with van der Waals surface area (Å²) in [4.78, 5) is 12.2. The molecule has 2 rings (SSSR count). The number of anilines is 1. The minimum atomic E-state index is 0.256. The number of methoxy groups -OCH3 is 2. The van der Waals surface area contributed by atoms with Crippen molar-refractivity contribution in [2.24, 2.45) is 5.92 Å². The van der Waals surface area contributed by atoms with E-state index in [1.807, 2.05) is 0 Å². The lowest BCUT2D eigenvalue weighted by Gasteiger charge is -2.10. The largest absolute Gasteiger partial charge is 0.467 e. The number of ether oxygens (including phenoxy) is 2. The first-order chi connectivity index (χ1) is 8.81. The Hall–Kier alpha value is -1.63. The predicted octanol–water partition coefficient (Wildman–Crippen LogP) is 0.300. The predicted molar refractivity (Wildman–Crippen MR) is 67.0 cm³/mol. The van der Waals surface area contributed by atoms with Crippen LogP contribution >= 0.6 is 0 Å². The summed E-state index contributed by atoms with van der Waals surface area (Å²) in [5.74, 6) is 1.23. The van der Waals surface area contributed by atoms with E-state index in [0.717, 1.165) is 32.0 Å². The summed E-state index contributed by atoms with van der Waals surface area (Å²) >= 11 is 0. The standard InChI is InChI=1S/C11H19N5O2/c1-17-10-14-9(15-11(16-10)18-2)13-6-4-8-3-5-12-7-8/h8,12H,3-7H2,1-2H3,(H,13,14,15,16). The zero-order chi connectivity index (χ0) is 12.8. The Labute approximate surface area is 106 Å². The summed E-state index contributed by atoms with van der Waals surface area (Å²) < 4.78 is 9.97. The SMILES string of the molecule is COc1nc(NCCC2CCNC2)nc(OC)n1. The van der Waals surface area contributed by atoms with Crippen molar-refractivity contribution in [3.05, 3.63) is 0 Å². The molecule has 1 aliphatic rings. The highest BCUT2D eigenvalue weighted by Crippen LogP contribution is 2.14. The third kappa shape index (κ3) is 3.43. The van der Waals surface area contributed by atoms with E-state index in [-0.39, 0.29) is 12.0 Å². The second-order valence-electron chi connectivity index (χ2n) is 4.21. The quantitative estimate of drug-likeness (QED) is 0.754. The molecule has 1 saturated heterocycles. The molecule has 0 aliphatic carbocycles. The number of nitrogens with zero attached hydrogens (tertiary/aromatic N) is 3. The molecule has 1 aromatic heterocycles. The van der Waals surface area contributed by atoms with Crippen molar-refractivity contribution in [3.63, 3.8) is 0 Å². The van der Waals surface area contributed by atoms with Gasteiger partial charge < -0.3 is 20.1 Å². The number of aromatic nitrogens is 3. The Morgan fingerprint density at radius 1 is 1.22 bits per heavy atom. The van der Waals surface area contributed by atoms with Gasteiger partial charge in [0.15, 0.2) is 0 Å². The lowest BCUT2D eigenvalue weighted by atomic mass is 10.1. The van der Waals surface area contributed by atoms with Crippen molar-refractivity contribution >= 4 is 5.95 Å². The molecule has 0 bridgehead atoms. The van der Waals surface area contributed by atoms with E-state index in [4.69, 9.17) is 9.47 Å². The van der Waals surface area contributed by atoms with Crippen LogP contribution in [0.1, 0.15) is 12.8 Å². The van der Waals surface area contributed by atoms with E-state index in [1.54, 1.807) is 0 Å². The molecular weight excluding hydrogens is 234 g/mol. The minimum absolute atomic E-state index is 0.256. The zero-order valence-corrected chi connectivity index (χ0v) is 10.8. The van der Waals surface area contributed by atoms with Crippen LogP contribution in [0.3, 0.4) is 0 Å². The van der Waals surface area contributed by atoms with Gasteiger partial charge in [0, 0.05) is 6.54 Å². The van der Waals surface area contributed by atoms with Crippen LogP contribution in [0.25, 0.3) is 0 Å². The Morgan fingerprint density at radius 2 is 1.94 bits per heavy atom. The van der Waals surface area contributed by atoms with Gasteiger partial charge in [-0.1, -0.05) is 0 Å². The zero-order valence-electron chi connectivity index (χ0n) is 10.8. The average molecular weight is 253 g/mol. The van der Waals surface area contributed by atoms with Crippen molar-refractivity contribution in [1.29, 1.82) is 0 Å². The molecule has 0 aromatic carbocycles. The van der Waals surface area contributed by atoms with Gasteiger partial charge in [-0.25, -0.2) is 0 Å². The number of hydrogen-bond acceptors (Lipinski definition) is 7. The molecule has 1 unspecified atom stereocenters. The van der Waals surface area contributed by atoms with Crippen LogP contribution < -0.4 is 20.1 Å². The van der Waals surface area contributed by atoms with Gasteiger partial charge in [0.25, 0.3) is 0 Å². The molecule has 0 spiro atoms. The van der Waals surface area contributed by atoms with Crippen molar-refractivity contribution in [3.8, 4) is 12.0 Å². The number of hydrogen-bond donors (Lipinski definition) is 2. The molecular formula is C11H19N5O2. The summed E-state index contributed by atoms with van der Waals surface area (Å²) in [7, 11) is 3.03. The molecule has 2 N–H and O–H groups in total. The average Bonchev–Trinajstić information content (AvgIpc) is 2.91. The van der Waals surface area contributed by atoms with Crippen molar-refractivity contribution in [1.82, 2.24) is 20.3 Å². The first-order valence-electron chi connectivity index (χ1n) is 6.10. The van der Waals surface area contributed by atoms with Gasteiger partial charge >= 0.3 is 12.0 Å². The molecule has 0 amide bonds. The molecule has 100 valence electrons. The molecule has 18 heavy (non-hydrogen) atoms. The maximum atomic E-state index is 4.98. The molecule has 1 fully saturated rings. The summed E-state index contributed by atoms with van der Waals surface area (Å²) in [6.07, 6.45) is 2.34. The topological polar surface area (TPSA) is 81.2 Å². The molecule has 2 heterocycles. The second kappa shape index (κ2) is 6.34. The minimum Gasteiger partial charge on any atom is -0.467 e. The van der Waals surface area contributed by atoms with Crippen LogP contribution in [0.15, 0.2) is 0 Å². The number of nitrogens with one attached hydrogen (secondary N) is 2. The van der Waals surface area contributed by atoms with Crippen LogP contribution in [-0.4, -0.2) is 48.8 Å². The molecule has 7 heteroatoms. The van der Waals surface area contributed by atoms with Crippen molar-refractivity contribution in [2.75, 3.05) is 39.2 Å². The molecule has 7 nitrogen and oxygen atoms in total. The fraction of sp³-hybridized carbons (Fsp3) is 0.727. The van der Waals surface area contributed by atoms with E-state index in [2.05, 4.69) is 25.6 Å². The van der Waals surface area contributed by atoms with E-state index in [9.17, 15) is 0 Å². The number of rotatable bonds is 6. The Morgan fingerprint density at radius 3 is 2.50 bits per heavy atom. The summed E-state index contributed by atoms with van der Waals surface area (Å²) in [6, 6.07) is 0.513. The normalized spacial score (nSPS) is 18.7. The summed E-state index contributed by atoms with van der Waals surface area (Å²) in [5.41, 5.74) is 0. The highest BCUT2D eigenvalue weighted by molar-refractivity contribution is 5.27. The Bertz CT molecular complexity index is 359. The van der Waals surface area contributed by atoms with Gasteiger partial charge in [0.1, 0.15) is 0 Å². The molecule has 0 radical (unpaired) electrons. The third-order valence-electron chi connectivity index (χ3n) is 2.96. The Kier molecular flexibility index (Phi) is 4.52. The first kappa shape index (κ1) is 12.8. The highest BCUT2D eigenvalue weighted by Gasteiger charge is 2.14. The smallest absolute Gasteiger partial charge is 0.324 e. The molecule has 0 saturated carbocycles. The van der Waals surface area contributed by atoms with Gasteiger partial charge in [-0.05, 0) is 31.8 Å². The maximum absolute atomic E-state index is 4.98. The van der Waals surface area contributed by atoms with E-state index < -0.39 is 0 Å². The second-order valence-corrected chi connectivity index (χ2v) is 4.21. The van der Waals surface area contributed by atoms with Crippen LogP contribution in [0.5, 0.6) is 12.0 Å². The van der Waals surface area contributed by atoms with Crippen molar-refractivity contribution in [2.45, 2.75) is 12.8 Å². The van der Waals surface area contributed by atoms with Crippen molar-refractivity contribution < 1.29 is 9.47 Å². The Balaban J connectivity index is 1.87. The van der Waals surface area contributed by atoms with Gasteiger partial charge in [0.05, 0.1) is 14.2 Å². The maximum Gasteiger partial charge on any atom is 0.324 e. The van der Waals surface area contributed by atoms with E-state index in [0.29, 0.717) is 5.95 Å². The van der Waals surface area contributed by atoms with Crippen LogP contribution in [0, 0.1) is 5.92 Å². The van der Waals surface area contributed by atoms with E-state index in [1.165, 1.54) is 20.6 Å². The lowest BCUT2D eigenvalue weighted by Crippen LogP contribution is -2.14. The van der Waals surface area contributed by atoms with Gasteiger partial charge in [-0.3, -0.25) is 0 Å². The lowest BCUT2D eigenvalue weighted by molar-refractivity contribution is 0.341. The van der Waals surface area contributed by atoms with Gasteiger partial charge in [-0.15, -0.1) is 4.98 Å². The summed E-state index contributed by atoms with van der Waals surface area (Å²) in [6.45, 7) is 3.06. The molecule has 1 aromatic rings. The van der Waals surface area contributed by atoms with Crippen LogP contribution in [0.2, 0.25) is 0 Å². The van der Waals surface area contributed by atoms with E-state index >= 15 is 0 Å². The third-order valence-corrected chi connectivity index (χ3v) is 2.96. The fourth-order valence-electron chi connectivity index (χ4n) is 1.95. The van der Waals surface area contributed by atoms with Crippen LogP contribution in [-0.2, 0) is 0 Å². The van der Waals surface area contributed by atoms with Gasteiger partial charge in [0.2, 0.25) is 5.95 Å². The summed E-state index contributed by atoms with van der Waals surface area (Å²) in [5, 5.41) is 6.52.